The SMILES string of the molecule is O=C1c2c(ccc(F)c2N2CCCCC2)-n2c1nc1ccccc1c2=O. The van der Waals surface area contributed by atoms with E-state index >= 15 is 0 Å². The van der Waals surface area contributed by atoms with Crippen molar-refractivity contribution < 1.29 is 9.18 Å². The largest absolute Gasteiger partial charge is 0.369 e. The quantitative estimate of drug-likeness (QED) is 0.530. The Balaban J connectivity index is 1.81. The molecule has 3 heterocycles. The first-order chi connectivity index (χ1) is 12.7. The molecule has 1 saturated heterocycles. The molecule has 0 radical (unpaired) electrons. The molecule has 26 heavy (non-hydrogen) atoms. The molecule has 0 aliphatic carbocycles. The summed E-state index contributed by atoms with van der Waals surface area (Å²) in [7, 11) is 0. The summed E-state index contributed by atoms with van der Waals surface area (Å²) in [4.78, 5) is 32.4. The monoisotopic (exact) mass is 349 g/mol. The Hall–Kier alpha value is -3.02. The first-order valence-electron chi connectivity index (χ1n) is 8.81. The summed E-state index contributed by atoms with van der Waals surface area (Å²) < 4.78 is 16.0. The van der Waals surface area contributed by atoms with Crippen molar-refractivity contribution in [2.24, 2.45) is 0 Å². The fourth-order valence-electron chi connectivity index (χ4n) is 4.01. The highest BCUT2D eigenvalue weighted by atomic mass is 19.1. The van der Waals surface area contributed by atoms with E-state index in [0.717, 1.165) is 19.3 Å². The molecule has 0 atom stereocenters. The normalized spacial score (nSPS) is 16.0. The summed E-state index contributed by atoms with van der Waals surface area (Å²) >= 11 is 0. The molecule has 0 spiro atoms. The van der Waals surface area contributed by atoms with Crippen LogP contribution < -0.4 is 10.5 Å². The molecule has 1 fully saturated rings. The van der Waals surface area contributed by atoms with Gasteiger partial charge in [0.1, 0.15) is 5.82 Å². The molecule has 1 aromatic heterocycles. The van der Waals surface area contributed by atoms with Gasteiger partial charge in [0.25, 0.3) is 5.56 Å². The predicted octanol–water partition coefficient (Wildman–Crippen LogP) is 3.06. The maximum atomic E-state index is 14.7. The number of hydrogen-bond acceptors (Lipinski definition) is 4. The summed E-state index contributed by atoms with van der Waals surface area (Å²) in [5, 5.41) is 0.445. The van der Waals surface area contributed by atoms with Gasteiger partial charge in [0.05, 0.1) is 27.8 Å². The fraction of sp³-hybridized carbons (Fsp3) is 0.250. The van der Waals surface area contributed by atoms with Crippen LogP contribution in [0.2, 0.25) is 0 Å². The van der Waals surface area contributed by atoms with E-state index in [1.54, 1.807) is 24.3 Å². The molecule has 0 bridgehead atoms. The maximum Gasteiger partial charge on any atom is 0.266 e. The van der Waals surface area contributed by atoms with Crippen molar-refractivity contribution in [3.63, 3.8) is 0 Å². The van der Waals surface area contributed by atoms with Crippen LogP contribution in [0.4, 0.5) is 10.1 Å². The number of nitrogens with zero attached hydrogens (tertiary/aromatic N) is 3. The number of rotatable bonds is 1. The Morgan fingerprint density at radius 2 is 1.73 bits per heavy atom. The molecule has 3 aromatic rings. The van der Waals surface area contributed by atoms with Crippen molar-refractivity contribution in [1.29, 1.82) is 0 Å². The van der Waals surface area contributed by atoms with Crippen LogP contribution in [0.15, 0.2) is 41.2 Å². The number of piperidine rings is 1. The third-order valence-electron chi connectivity index (χ3n) is 5.23. The minimum atomic E-state index is -0.426. The summed E-state index contributed by atoms with van der Waals surface area (Å²) in [5.74, 6) is -0.750. The molecular weight excluding hydrogens is 333 g/mol. The summed E-state index contributed by atoms with van der Waals surface area (Å²) in [6, 6.07) is 9.78. The van der Waals surface area contributed by atoms with Crippen molar-refractivity contribution in [3.05, 3.63) is 64.0 Å². The fourth-order valence-corrected chi connectivity index (χ4v) is 4.01. The Kier molecular flexibility index (Phi) is 3.22. The van der Waals surface area contributed by atoms with E-state index in [2.05, 4.69) is 4.98 Å². The van der Waals surface area contributed by atoms with Gasteiger partial charge in [0, 0.05) is 13.1 Å². The number of anilines is 1. The first-order valence-corrected chi connectivity index (χ1v) is 8.81. The standard InChI is InChI=1S/C20H16FN3O2/c21-13-8-9-15-16(17(13)23-10-4-1-5-11-23)18(25)19-22-14-7-3-2-6-12(14)20(26)24(15)19/h2-3,6-9H,1,4-5,10-11H2. The number of carbonyl (C=O) groups is 1. The van der Waals surface area contributed by atoms with E-state index in [1.807, 2.05) is 4.90 Å². The Morgan fingerprint density at radius 3 is 2.54 bits per heavy atom. The third-order valence-corrected chi connectivity index (χ3v) is 5.23. The van der Waals surface area contributed by atoms with Crippen LogP contribution in [0.3, 0.4) is 0 Å². The minimum Gasteiger partial charge on any atom is -0.369 e. The number of ketones is 1. The van der Waals surface area contributed by atoms with Gasteiger partial charge in [-0.3, -0.25) is 14.2 Å². The molecule has 2 aliphatic rings. The molecule has 130 valence electrons. The van der Waals surface area contributed by atoms with Crippen LogP contribution >= 0.6 is 0 Å². The number of para-hydroxylation sites is 1. The molecule has 0 saturated carbocycles. The zero-order valence-electron chi connectivity index (χ0n) is 14.0. The van der Waals surface area contributed by atoms with Gasteiger partial charge in [-0.1, -0.05) is 12.1 Å². The van der Waals surface area contributed by atoms with Gasteiger partial charge < -0.3 is 4.90 Å². The average Bonchev–Trinajstić information content (AvgIpc) is 2.95. The number of fused-ring (bicyclic) bond motifs is 4. The molecule has 5 rings (SSSR count). The van der Waals surface area contributed by atoms with Crippen molar-refractivity contribution in [2.45, 2.75) is 19.3 Å². The van der Waals surface area contributed by atoms with Gasteiger partial charge >= 0.3 is 0 Å². The van der Waals surface area contributed by atoms with Crippen LogP contribution in [0.5, 0.6) is 0 Å². The molecule has 2 aromatic carbocycles. The lowest BCUT2D eigenvalue weighted by molar-refractivity contribution is 0.103. The summed E-state index contributed by atoms with van der Waals surface area (Å²) in [6.45, 7) is 1.42. The van der Waals surface area contributed by atoms with E-state index < -0.39 is 5.82 Å². The van der Waals surface area contributed by atoms with Crippen molar-refractivity contribution in [1.82, 2.24) is 9.55 Å². The lowest BCUT2D eigenvalue weighted by Gasteiger charge is -2.30. The van der Waals surface area contributed by atoms with Gasteiger partial charge in [-0.25, -0.2) is 9.37 Å². The van der Waals surface area contributed by atoms with Crippen LogP contribution in [-0.2, 0) is 0 Å². The molecule has 0 amide bonds. The van der Waals surface area contributed by atoms with Crippen molar-refractivity contribution >= 4 is 22.4 Å². The van der Waals surface area contributed by atoms with Gasteiger partial charge in [-0.2, -0.15) is 0 Å². The lowest BCUT2D eigenvalue weighted by Crippen LogP contribution is -2.31. The number of hydrogen-bond donors (Lipinski definition) is 0. The van der Waals surface area contributed by atoms with E-state index in [1.165, 1.54) is 16.7 Å². The number of aromatic nitrogens is 2. The van der Waals surface area contributed by atoms with E-state index in [-0.39, 0.29) is 22.7 Å². The number of carbonyl (C=O) groups excluding carboxylic acids is 1. The summed E-state index contributed by atoms with van der Waals surface area (Å²) in [6.07, 6.45) is 3.03. The molecule has 6 heteroatoms. The van der Waals surface area contributed by atoms with Crippen molar-refractivity contribution in [3.8, 4) is 5.69 Å². The zero-order valence-corrected chi connectivity index (χ0v) is 14.0. The van der Waals surface area contributed by atoms with E-state index in [4.69, 9.17) is 0 Å². The molecule has 0 N–H and O–H groups in total. The van der Waals surface area contributed by atoms with Crippen LogP contribution in [0, 0.1) is 5.82 Å². The second-order valence-corrected chi connectivity index (χ2v) is 6.76. The van der Waals surface area contributed by atoms with Gasteiger partial charge in [0.2, 0.25) is 5.78 Å². The topological polar surface area (TPSA) is 55.2 Å². The lowest BCUT2D eigenvalue weighted by atomic mass is 10.0. The molecule has 2 aliphatic heterocycles. The van der Waals surface area contributed by atoms with E-state index in [0.29, 0.717) is 35.4 Å². The molecule has 0 unspecified atom stereocenters. The second kappa shape index (κ2) is 5.49. The van der Waals surface area contributed by atoms with Gasteiger partial charge in [0.15, 0.2) is 5.82 Å². The zero-order chi connectivity index (χ0) is 17.8. The Morgan fingerprint density at radius 1 is 0.962 bits per heavy atom. The molecule has 5 nitrogen and oxygen atoms in total. The highest BCUT2D eigenvalue weighted by Crippen LogP contribution is 2.37. The number of halogens is 1. The van der Waals surface area contributed by atoms with Gasteiger partial charge in [-0.05, 0) is 43.5 Å². The average molecular weight is 349 g/mol. The smallest absolute Gasteiger partial charge is 0.266 e. The highest BCUT2D eigenvalue weighted by Gasteiger charge is 2.35. The van der Waals surface area contributed by atoms with Crippen LogP contribution in [0.25, 0.3) is 16.6 Å². The Labute approximate surface area is 148 Å². The molecular formula is C20H16FN3O2. The third kappa shape index (κ3) is 1.98. The highest BCUT2D eigenvalue weighted by molar-refractivity contribution is 6.17. The van der Waals surface area contributed by atoms with Crippen LogP contribution in [0.1, 0.15) is 35.4 Å². The number of benzene rings is 2. The van der Waals surface area contributed by atoms with E-state index in [9.17, 15) is 14.0 Å². The predicted molar refractivity (Wildman–Crippen MR) is 96.8 cm³/mol. The summed E-state index contributed by atoms with van der Waals surface area (Å²) in [5.41, 5.74) is 1.17. The maximum absolute atomic E-state index is 14.7. The minimum absolute atomic E-state index is 0.0626. The second-order valence-electron chi connectivity index (χ2n) is 6.76. The first kappa shape index (κ1) is 15.3. The van der Waals surface area contributed by atoms with Crippen molar-refractivity contribution in [2.75, 3.05) is 18.0 Å². The van der Waals surface area contributed by atoms with Crippen LogP contribution in [-0.4, -0.2) is 28.4 Å². The van der Waals surface area contributed by atoms with Gasteiger partial charge in [-0.15, -0.1) is 0 Å². The Bertz CT molecular complexity index is 1130.